The molecule has 6 aromatic rings. The van der Waals surface area contributed by atoms with E-state index in [1.165, 1.54) is 53.6 Å². The number of thiophene rings is 1. The van der Waals surface area contributed by atoms with Crippen LogP contribution in [-0.4, -0.2) is 16.1 Å². The molecule has 9 rings (SSSR count). The topological polar surface area (TPSA) is 35.5 Å². The molecule has 0 amide bonds. The van der Waals surface area contributed by atoms with Crippen molar-refractivity contribution >= 4 is 53.9 Å². The maximum Gasteiger partial charge on any atom is 0.420 e. The predicted octanol–water partition coefficient (Wildman–Crippen LogP) is 8.16. The van der Waals surface area contributed by atoms with Crippen molar-refractivity contribution in [2.45, 2.75) is 38.3 Å². The summed E-state index contributed by atoms with van der Waals surface area (Å²) < 4.78 is 9.71. The van der Waals surface area contributed by atoms with Gasteiger partial charge in [-0.05, 0) is 65.9 Å². The Bertz CT molecular complexity index is 2300. The number of fused-ring (bicyclic) bond motifs is 12. The maximum atomic E-state index is 4.90. The number of amidine groups is 1. The van der Waals surface area contributed by atoms with E-state index in [2.05, 4.69) is 138 Å². The highest BCUT2D eigenvalue weighted by atomic mass is 32.1. The molecule has 5 nitrogen and oxygen atoms in total. The summed E-state index contributed by atoms with van der Waals surface area (Å²) in [7, 11) is 0. The first-order chi connectivity index (χ1) is 21.1. The molecule has 0 fully saturated rings. The smallest absolute Gasteiger partial charge is 0.174 e. The number of benzene rings is 3. The van der Waals surface area contributed by atoms with Crippen LogP contribution in [0, 0.1) is 0 Å². The third-order valence-corrected chi connectivity index (χ3v) is 10.8. The first-order valence-electron chi connectivity index (χ1n) is 15.0. The molecule has 0 aliphatic carbocycles. The number of rotatable bonds is 3. The van der Waals surface area contributed by atoms with Crippen LogP contribution in [0.4, 0.5) is 0 Å². The highest BCUT2D eigenvalue weighted by molar-refractivity contribution is 7.25. The van der Waals surface area contributed by atoms with Crippen LogP contribution in [-0.2, 0) is 0 Å². The standard InChI is InChI=1S/C37H30N5S/c1-4-37(5-2)22-30(40-21-11-10-15-29(40)36-38-23(3)39-42(36)37)35-26-18-20-32-34(25-13-7-9-16-31(25)43-32)33(26)28-19-17-24-12-6-8-14-27(24)41(28)35/h6-22,35H,3-5H2,1-2H3/q+3. The average Bonchev–Trinajstić information content (AvgIpc) is 3.71. The highest BCUT2D eigenvalue weighted by Crippen LogP contribution is 2.48. The van der Waals surface area contributed by atoms with E-state index in [1.54, 1.807) is 0 Å². The van der Waals surface area contributed by atoms with Gasteiger partial charge in [0.05, 0.1) is 5.56 Å². The van der Waals surface area contributed by atoms with Crippen molar-refractivity contribution in [2.24, 2.45) is 10.1 Å². The predicted molar refractivity (Wildman–Crippen MR) is 173 cm³/mol. The fourth-order valence-corrected chi connectivity index (χ4v) is 8.64. The Balaban J connectivity index is 1.45. The summed E-state index contributed by atoms with van der Waals surface area (Å²) in [6.45, 7) is 8.64. The lowest BCUT2D eigenvalue weighted by molar-refractivity contribution is -0.692. The SMILES string of the molecule is C=C1N=C2c3cccc[n+]3C(C3c4ccc5sc6ccccc6c5c4-c4ccc5ccccc5[n+]43)=CC(CC)(CC)[N+]2=N1. The molecule has 3 aromatic heterocycles. The number of pyridine rings is 2. The molecule has 1 atom stereocenters. The van der Waals surface area contributed by atoms with Crippen LogP contribution in [0.5, 0.6) is 0 Å². The monoisotopic (exact) mass is 576 g/mol. The largest absolute Gasteiger partial charge is 0.420 e. The zero-order valence-electron chi connectivity index (χ0n) is 24.2. The van der Waals surface area contributed by atoms with Gasteiger partial charge >= 0.3 is 11.5 Å². The average molecular weight is 577 g/mol. The first kappa shape index (κ1) is 24.8. The molecule has 0 bridgehead atoms. The van der Waals surface area contributed by atoms with Gasteiger partial charge in [0.1, 0.15) is 0 Å². The Hall–Kier alpha value is -4.81. The summed E-state index contributed by atoms with van der Waals surface area (Å²) >= 11 is 1.88. The van der Waals surface area contributed by atoms with Crippen LogP contribution in [0.25, 0.3) is 48.0 Å². The molecule has 3 aliphatic heterocycles. The van der Waals surface area contributed by atoms with Crippen molar-refractivity contribution in [3.05, 3.63) is 127 Å². The normalized spacial score (nSPS) is 18.1. The van der Waals surface area contributed by atoms with Gasteiger partial charge in [0, 0.05) is 61.5 Å². The molecule has 0 spiro atoms. The van der Waals surface area contributed by atoms with E-state index in [1.807, 2.05) is 11.3 Å². The van der Waals surface area contributed by atoms with E-state index in [4.69, 9.17) is 10.1 Å². The minimum Gasteiger partial charge on any atom is -0.174 e. The van der Waals surface area contributed by atoms with E-state index >= 15 is 0 Å². The number of hydrogen-bond donors (Lipinski definition) is 0. The number of allylic oxidation sites excluding steroid dienone is 1. The molecule has 6 heterocycles. The third kappa shape index (κ3) is 3.24. The quantitative estimate of drug-likeness (QED) is 0.191. The Morgan fingerprint density at radius 1 is 0.837 bits per heavy atom. The Labute approximate surface area is 253 Å². The molecule has 1 unspecified atom stereocenters. The second kappa shape index (κ2) is 8.85. The number of nitrogens with zero attached hydrogens (tertiary/aromatic N) is 5. The van der Waals surface area contributed by atoms with Gasteiger partial charge in [-0.2, -0.15) is 9.13 Å². The molecular formula is C37H30N5S+3. The molecule has 3 aromatic carbocycles. The lowest BCUT2D eigenvalue weighted by atomic mass is 9.88. The van der Waals surface area contributed by atoms with Crippen LogP contribution in [0.15, 0.2) is 126 Å². The number of aliphatic imine (C=N–C) groups is 1. The summed E-state index contributed by atoms with van der Waals surface area (Å²) in [6.07, 6.45) is 6.44. The van der Waals surface area contributed by atoms with E-state index in [0.29, 0.717) is 5.82 Å². The number of para-hydroxylation sites is 1. The molecule has 0 radical (unpaired) electrons. The molecule has 0 saturated heterocycles. The molecule has 6 heteroatoms. The molecule has 3 aliphatic rings. The van der Waals surface area contributed by atoms with Crippen molar-refractivity contribution in [1.29, 1.82) is 0 Å². The van der Waals surface area contributed by atoms with Crippen LogP contribution >= 0.6 is 11.3 Å². The Kier molecular flexibility index (Phi) is 5.10. The third-order valence-electron chi connectivity index (χ3n) is 9.62. The Morgan fingerprint density at radius 3 is 2.53 bits per heavy atom. The zero-order chi connectivity index (χ0) is 28.9. The molecular weight excluding hydrogens is 547 g/mol. The molecule has 0 N–H and O–H groups in total. The van der Waals surface area contributed by atoms with Crippen LogP contribution in [0.3, 0.4) is 0 Å². The summed E-state index contributed by atoms with van der Waals surface area (Å²) in [6, 6.07) is 33.3. The first-order valence-corrected chi connectivity index (χ1v) is 15.8. The summed E-state index contributed by atoms with van der Waals surface area (Å²) in [4.78, 5) is 4.89. The van der Waals surface area contributed by atoms with Crippen LogP contribution < -0.4 is 9.13 Å². The Morgan fingerprint density at radius 2 is 1.65 bits per heavy atom. The lowest BCUT2D eigenvalue weighted by Crippen LogP contribution is -2.49. The molecule has 43 heavy (non-hydrogen) atoms. The van der Waals surface area contributed by atoms with Gasteiger partial charge in [0.25, 0.3) is 17.6 Å². The van der Waals surface area contributed by atoms with Crippen molar-refractivity contribution in [3.8, 4) is 11.3 Å². The van der Waals surface area contributed by atoms with Crippen molar-refractivity contribution in [3.63, 3.8) is 0 Å². The molecule has 206 valence electrons. The minimum absolute atomic E-state index is 0.0494. The van der Waals surface area contributed by atoms with Gasteiger partial charge in [0.15, 0.2) is 11.7 Å². The van der Waals surface area contributed by atoms with Crippen LogP contribution in [0.1, 0.15) is 44.0 Å². The molecule has 0 saturated carbocycles. The van der Waals surface area contributed by atoms with Crippen molar-refractivity contribution < 1.29 is 13.8 Å². The van der Waals surface area contributed by atoms with Crippen molar-refractivity contribution in [1.82, 2.24) is 0 Å². The van der Waals surface area contributed by atoms with Crippen molar-refractivity contribution in [2.75, 3.05) is 0 Å². The van der Waals surface area contributed by atoms with Gasteiger partial charge in [-0.15, -0.1) is 16.0 Å². The van der Waals surface area contributed by atoms with Gasteiger partial charge in [-0.3, -0.25) is 0 Å². The number of azo groups is 2. The van der Waals surface area contributed by atoms with Gasteiger partial charge < -0.3 is 0 Å². The van der Waals surface area contributed by atoms with E-state index in [-0.39, 0.29) is 11.6 Å². The van der Waals surface area contributed by atoms with Crippen LogP contribution in [0.2, 0.25) is 0 Å². The summed E-state index contributed by atoms with van der Waals surface area (Å²) in [5.41, 5.74) is 7.04. The second-order valence-corrected chi connectivity index (χ2v) is 12.7. The minimum atomic E-state index is -0.354. The zero-order valence-corrected chi connectivity index (χ0v) is 25.0. The fourth-order valence-electron chi connectivity index (χ4n) is 7.53. The second-order valence-electron chi connectivity index (χ2n) is 11.7. The van der Waals surface area contributed by atoms with E-state index in [9.17, 15) is 0 Å². The van der Waals surface area contributed by atoms with Gasteiger partial charge in [-0.25, -0.2) is 0 Å². The van der Waals surface area contributed by atoms with Gasteiger partial charge in [0.2, 0.25) is 11.2 Å². The number of hydrogen-bond acceptors (Lipinski definition) is 3. The van der Waals surface area contributed by atoms with Gasteiger partial charge in [-0.1, -0.05) is 44.2 Å². The van der Waals surface area contributed by atoms with E-state index < -0.39 is 0 Å². The number of aromatic nitrogens is 2. The van der Waals surface area contributed by atoms with E-state index in [0.717, 1.165) is 24.4 Å². The lowest BCUT2D eigenvalue weighted by Gasteiger charge is -2.23. The highest BCUT2D eigenvalue weighted by Gasteiger charge is 2.55. The maximum absolute atomic E-state index is 4.90. The summed E-state index contributed by atoms with van der Waals surface area (Å²) in [5.74, 6) is 1.42. The summed E-state index contributed by atoms with van der Waals surface area (Å²) in [5, 5.41) is 8.81. The fraction of sp³-hybridized carbons (Fsp3) is 0.162.